The molecule has 0 bridgehead atoms. The van der Waals surface area contributed by atoms with Crippen molar-refractivity contribution in [2.75, 3.05) is 33.2 Å². The quantitative estimate of drug-likeness (QED) is 0.664. The van der Waals surface area contributed by atoms with Crippen molar-refractivity contribution in [3.05, 3.63) is 33.7 Å². The van der Waals surface area contributed by atoms with E-state index in [9.17, 15) is 14.4 Å². The first kappa shape index (κ1) is 23.5. The van der Waals surface area contributed by atoms with E-state index in [1.54, 1.807) is 12.4 Å². The Hall–Kier alpha value is -2.15. The molecule has 0 radical (unpaired) electrons. The molecule has 1 saturated heterocycles. The van der Waals surface area contributed by atoms with Crippen LogP contribution in [0.4, 0.5) is 0 Å². The van der Waals surface area contributed by atoms with Gasteiger partial charge < -0.3 is 20.1 Å². The van der Waals surface area contributed by atoms with E-state index in [1.807, 2.05) is 4.57 Å². The lowest BCUT2D eigenvalue weighted by molar-refractivity contribution is 0.0934. The number of rotatable bonds is 8. The van der Waals surface area contributed by atoms with Crippen LogP contribution in [0.15, 0.2) is 17.2 Å². The summed E-state index contributed by atoms with van der Waals surface area (Å²) in [5.74, 6) is 0.0939. The number of aromatic nitrogens is 1. The van der Waals surface area contributed by atoms with Crippen LogP contribution in [-0.4, -0.2) is 54.5 Å². The maximum absolute atomic E-state index is 13.1. The van der Waals surface area contributed by atoms with Gasteiger partial charge in [-0.2, -0.15) is 0 Å². The number of pyridine rings is 1. The average Bonchev–Trinajstić information content (AvgIpc) is 3.27. The van der Waals surface area contributed by atoms with Crippen molar-refractivity contribution in [1.29, 1.82) is 0 Å². The highest BCUT2D eigenvalue weighted by atomic mass is 16.2. The largest absolute Gasteiger partial charge is 0.352 e. The molecule has 2 N–H and O–H groups in total. The van der Waals surface area contributed by atoms with Gasteiger partial charge >= 0.3 is 0 Å². The molecule has 2 aliphatic rings. The number of hydrogen-bond acceptors (Lipinski definition) is 4. The van der Waals surface area contributed by atoms with Crippen LogP contribution in [0, 0.1) is 11.8 Å². The lowest BCUT2D eigenvalue weighted by Gasteiger charge is -2.29. The summed E-state index contributed by atoms with van der Waals surface area (Å²) < 4.78 is 1.93. The summed E-state index contributed by atoms with van der Waals surface area (Å²) in [6.07, 6.45) is 10.6. The fraction of sp³-hybridized carbons (Fsp3) is 0.708. The Kier molecular flexibility index (Phi) is 8.29. The topological polar surface area (TPSA) is 83.4 Å². The van der Waals surface area contributed by atoms with Crippen molar-refractivity contribution in [3.8, 4) is 0 Å². The minimum absolute atomic E-state index is 0.0701. The van der Waals surface area contributed by atoms with Gasteiger partial charge in [-0.15, -0.1) is 0 Å². The number of piperidine rings is 1. The van der Waals surface area contributed by atoms with E-state index in [0.29, 0.717) is 24.9 Å². The van der Waals surface area contributed by atoms with E-state index in [0.717, 1.165) is 58.0 Å². The molecule has 1 aliphatic carbocycles. The van der Waals surface area contributed by atoms with Crippen molar-refractivity contribution in [3.63, 3.8) is 0 Å². The highest BCUT2D eigenvalue weighted by Crippen LogP contribution is 2.29. The van der Waals surface area contributed by atoms with Crippen LogP contribution in [0.1, 0.15) is 85.6 Å². The zero-order chi connectivity index (χ0) is 22.4. The van der Waals surface area contributed by atoms with Gasteiger partial charge in [0.2, 0.25) is 5.43 Å². The second-order valence-electron chi connectivity index (χ2n) is 9.72. The van der Waals surface area contributed by atoms with E-state index in [-0.39, 0.29) is 29.0 Å². The maximum atomic E-state index is 13.1. The second kappa shape index (κ2) is 10.9. The van der Waals surface area contributed by atoms with Gasteiger partial charge in [0.25, 0.3) is 11.8 Å². The van der Waals surface area contributed by atoms with E-state index in [1.165, 1.54) is 0 Å². The van der Waals surface area contributed by atoms with Gasteiger partial charge in [-0.05, 0) is 57.5 Å². The monoisotopic (exact) mass is 430 g/mol. The molecule has 1 aliphatic heterocycles. The summed E-state index contributed by atoms with van der Waals surface area (Å²) in [6.45, 7) is 7.29. The van der Waals surface area contributed by atoms with Crippen molar-refractivity contribution >= 4 is 11.8 Å². The number of carbonyl (C=O) groups is 2. The normalized spacial score (nSPS) is 20.2. The average molecular weight is 431 g/mol. The molecule has 7 nitrogen and oxygen atoms in total. The lowest BCUT2D eigenvalue weighted by Crippen LogP contribution is -2.41. The second-order valence-corrected chi connectivity index (χ2v) is 9.72. The van der Waals surface area contributed by atoms with Gasteiger partial charge in [-0.3, -0.25) is 14.4 Å². The van der Waals surface area contributed by atoms with Crippen LogP contribution in [0.2, 0.25) is 0 Å². The van der Waals surface area contributed by atoms with Gasteiger partial charge in [0, 0.05) is 38.1 Å². The van der Waals surface area contributed by atoms with Crippen LogP contribution in [0.5, 0.6) is 0 Å². The maximum Gasteiger partial charge on any atom is 0.256 e. The van der Waals surface area contributed by atoms with Crippen LogP contribution in [-0.2, 0) is 0 Å². The van der Waals surface area contributed by atoms with Crippen molar-refractivity contribution < 1.29 is 9.59 Å². The molecule has 1 aromatic heterocycles. The van der Waals surface area contributed by atoms with Crippen molar-refractivity contribution in [2.24, 2.45) is 11.8 Å². The van der Waals surface area contributed by atoms with Gasteiger partial charge in [0.1, 0.15) is 11.1 Å². The van der Waals surface area contributed by atoms with Crippen LogP contribution < -0.4 is 16.1 Å². The third kappa shape index (κ3) is 6.42. The summed E-state index contributed by atoms with van der Waals surface area (Å²) in [7, 11) is 2.09. The minimum Gasteiger partial charge on any atom is -0.352 e. The summed E-state index contributed by atoms with van der Waals surface area (Å²) in [4.78, 5) is 41.1. The Bertz CT molecular complexity index is 827. The van der Waals surface area contributed by atoms with E-state index in [2.05, 4.69) is 36.4 Å². The number of carbonyl (C=O) groups excluding carboxylic acids is 2. The lowest BCUT2D eigenvalue weighted by atomic mass is 9.98. The Labute approximate surface area is 185 Å². The van der Waals surface area contributed by atoms with Gasteiger partial charge in [0.05, 0.1) is 0 Å². The fourth-order valence-corrected chi connectivity index (χ4v) is 4.68. The van der Waals surface area contributed by atoms with Crippen LogP contribution in [0.3, 0.4) is 0 Å². The Morgan fingerprint density at radius 2 is 1.68 bits per heavy atom. The molecule has 172 valence electrons. The summed E-state index contributed by atoms with van der Waals surface area (Å²) in [5, 5.41) is 5.82. The predicted octanol–water partition coefficient (Wildman–Crippen LogP) is 2.81. The number of hydrogen-bond donors (Lipinski definition) is 2. The molecule has 2 amide bonds. The van der Waals surface area contributed by atoms with E-state index in [4.69, 9.17) is 0 Å². The first-order chi connectivity index (χ1) is 14.8. The molecule has 7 heteroatoms. The summed E-state index contributed by atoms with van der Waals surface area (Å²) >= 11 is 0. The SMILES string of the molecule is CC(C)CCNC(=O)c1cn(C2CCCC2)cc(C(=O)NCC2CCCN(C)C2)c1=O. The third-order valence-electron chi connectivity index (χ3n) is 6.56. The van der Waals surface area contributed by atoms with Crippen LogP contribution >= 0.6 is 0 Å². The number of nitrogens with one attached hydrogen (secondary N) is 2. The minimum atomic E-state index is -0.477. The molecular formula is C24H38N4O3. The van der Waals surface area contributed by atoms with E-state index >= 15 is 0 Å². The number of likely N-dealkylation sites (tertiary alicyclic amines) is 1. The van der Waals surface area contributed by atoms with Gasteiger partial charge in [-0.1, -0.05) is 26.7 Å². The Morgan fingerprint density at radius 1 is 1.03 bits per heavy atom. The zero-order valence-corrected chi connectivity index (χ0v) is 19.3. The standard InChI is InChI=1S/C24H38N4O3/c1-17(2)10-11-25-23(30)20-15-28(19-8-4-5-9-19)16-21(22(20)29)24(31)26-13-18-7-6-12-27(3)14-18/h15-19H,4-14H2,1-3H3,(H,25,30)(H,26,31). The number of nitrogens with zero attached hydrogens (tertiary/aromatic N) is 2. The van der Waals surface area contributed by atoms with Gasteiger partial charge in [-0.25, -0.2) is 0 Å². The van der Waals surface area contributed by atoms with Crippen LogP contribution in [0.25, 0.3) is 0 Å². The molecule has 3 rings (SSSR count). The molecule has 1 saturated carbocycles. The molecule has 2 fully saturated rings. The number of amides is 2. The smallest absolute Gasteiger partial charge is 0.256 e. The molecule has 31 heavy (non-hydrogen) atoms. The Morgan fingerprint density at radius 3 is 2.29 bits per heavy atom. The highest BCUT2D eigenvalue weighted by Gasteiger charge is 2.24. The molecule has 1 aromatic rings. The Balaban J connectivity index is 1.78. The summed E-state index contributed by atoms with van der Waals surface area (Å²) in [6, 6.07) is 0.237. The van der Waals surface area contributed by atoms with Gasteiger partial charge in [0.15, 0.2) is 0 Å². The first-order valence-electron chi connectivity index (χ1n) is 11.9. The molecule has 2 heterocycles. The predicted molar refractivity (Wildman–Crippen MR) is 123 cm³/mol. The summed E-state index contributed by atoms with van der Waals surface area (Å²) in [5.41, 5.74) is -0.331. The van der Waals surface area contributed by atoms with E-state index < -0.39 is 5.43 Å². The molecular weight excluding hydrogens is 392 g/mol. The highest BCUT2D eigenvalue weighted by molar-refractivity contribution is 5.99. The first-order valence-corrected chi connectivity index (χ1v) is 11.9. The van der Waals surface area contributed by atoms with Crippen molar-refractivity contribution in [2.45, 2.75) is 64.8 Å². The fourth-order valence-electron chi connectivity index (χ4n) is 4.68. The molecule has 0 aromatic carbocycles. The third-order valence-corrected chi connectivity index (χ3v) is 6.56. The van der Waals surface area contributed by atoms with Crippen molar-refractivity contribution in [1.82, 2.24) is 20.1 Å². The molecule has 0 spiro atoms. The zero-order valence-electron chi connectivity index (χ0n) is 19.3. The molecule has 1 atom stereocenters. The molecule has 1 unspecified atom stereocenters.